The molecule has 1 unspecified atom stereocenters. The molecule has 0 radical (unpaired) electrons. The lowest BCUT2D eigenvalue weighted by molar-refractivity contribution is 0.0711. The van der Waals surface area contributed by atoms with Crippen LogP contribution < -0.4 is 0 Å². The van der Waals surface area contributed by atoms with E-state index in [9.17, 15) is 13.6 Å². The Kier molecular flexibility index (Phi) is 4.36. The molecule has 0 aliphatic carbocycles. The van der Waals surface area contributed by atoms with Crippen LogP contribution in [0.25, 0.3) is 11.3 Å². The van der Waals surface area contributed by atoms with E-state index in [0.29, 0.717) is 19.7 Å². The summed E-state index contributed by atoms with van der Waals surface area (Å²) in [4.78, 5) is 14.5. The van der Waals surface area contributed by atoms with Gasteiger partial charge in [0.15, 0.2) is 0 Å². The zero-order valence-corrected chi connectivity index (χ0v) is 13.6. The number of H-pyrrole nitrogens is 1. The molecule has 1 saturated heterocycles. The molecule has 1 amide bonds. The minimum Gasteiger partial charge on any atom is -0.384 e. The highest BCUT2D eigenvalue weighted by Crippen LogP contribution is 2.33. The van der Waals surface area contributed by atoms with Crippen LogP contribution in [0.1, 0.15) is 23.7 Å². The molecule has 3 rings (SSSR count). The normalized spacial score (nSPS) is 20.6. The monoisotopic (exact) mass is 335 g/mol. The number of nitrogens with one attached hydrogen (secondary N) is 1. The van der Waals surface area contributed by atoms with E-state index in [1.165, 1.54) is 12.3 Å². The smallest absolute Gasteiger partial charge is 0.257 e. The van der Waals surface area contributed by atoms with Crippen molar-refractivity contribution in [3.8, 4) is 11.3 Å². The van der Waals surface area contributed by atoms with Gasteiger partial charge in [0.2, 0.25) is 0 Å². The molecule has 0 saturated carbocycles. The van der Waals surface area contributed by atoms with E-state index < -0.39 is 11.6 Å². The van der Waals surface area contributed by atoms with Gasteiger partial charge in [-0.05, 0) is 18.6 Å². The Hall–Kier alpha value is -2.28. The summed E-state index contributed by atoms with van der Waals surface area (Å²) in [5.74, 6) is -1.76. The third-order valence-corrected chi connectivity index (χ3v) is 4.42. The first-order valence-electron chi connectivity index (χ1n) is 7.71. The van der Waals surface area contributed by atoms with Gasteiger partial charge in [0.1, 0.15) is 11.6 Å². The third kappa shape index (κ3) is 2.91. The highest BCUT2D eigenvalue weighted by molar-refractivity contribution is 6.00. The molecule has 5 nitrogen and oxygen atoms in total. The number of aromatic nitrogens is 2. The lowest BCUT2D eigenvalue weighted by atomic mass is 9.91. The molecule has 0 spiro atoms. The number of nitrogens with zero attached hydrogens (tertiary/aromatic N) is 2. The van der Waals surface area contributed by atoms with Gasteiger partial charge >= 0.3 is 0 Å². The van der Waals surface area contributed by atoms with Crippen LogP contribution in [0.15, 0.2) is 24.4 Å². The van der Waals surface area contributed by atoms with Crippen molar-refractivity contribution in [1.82, 2.24) is 15.1 Å². The van der Waals surface area contributed by atoms with Crippen molar-refractivity contribution < 1.29 is 18.3 Å². The Morgan fingerprint density at radius 2 is 2.12 bits per heavy atom. The van der Waals surface area contributed by atoms with Crippen LogP contribution in [0.3, 0.4) is 0 Å². The lowest BCUT2D eigenvalue weighted by Crippen LogP contribution is -2.33. The summed E-state index contributed by atoms with van der Waals surface area (Å²) in [6.45, 7) is 3.71. The maximum Gasteiger partial charge on any atom is 0.257 e. The number of likely N-dealkylation sites (tertiary alicyclic amines) is 1. The van der Waals surface area contributed by atoms with Gasteiger partial charge in [-0.1, -0.05) is 13.0 Å². The number of carbonyl (C=O) groups is 1. The van der Waals surface area contributed by atoms with Crippen LogP contribution in [-0.2, 0) is 4.74 Å². The Labute approximate surface area is 138 Å². The molecule has 1 N–H and O–H groups in total. The van der Waals surface area contributed by atoms with Gasteiger partial charge in [-0.25, -0.2) is 8.78 Å². The van der Waals surface area contributed by atoms with E-state index in [-0.39, 0.29) is 28.1 Å². The summed E-state index contributed by atoms with van der Waals surface area (Å²) in [7, 11) is 1.63. The molecule has 1 fully saturated rings. The second-order valence-corrected chi connectivity index (χ2v) is 6.48. The van der Waals surface area contributed by atoms with Gasteiger partial charge < -0.3 is 9.64 Å². The first-order valence-corrected chi connectivity index (χ1v) is 7.71. The van der Waals surface area contributed by atoms with E-state index >= 15 is 0 Å². The van der Waals surface area contributed by atoms with E-state index in [2.05, 4.69) is 17.1 Å². The summed E-state index contributed by atoms with van der Waals surface area (Å²) in [5.41, 5.74) is -0.147. The van der Waals surface area contributed by atoms with E-state index in [0.717, 1.165) is 18.6 Å². The van der Waals surface area contributed by atoms with E-state index in [4.69, 9.17) is 4.74 Å². The molecule has 2 heterocycles. The number of ether oxygens (including phenoxy) is 1. The molecule has 7 heteroatoms. The zero-order chi connectivity index (χ0) is 17.3. The fraction of sp³-hybridized carbons (Fsp3) is 0.412. The first-order chi connectivity index (χ1) is 11.4. The number of aromatic amines is 1. The largest absolute Gasteiger partial charge is 0.384 e. The summed E-state index contributed by atoms with van der Waals surface area (Å²) < 4.78 is 33.3. The SMILES string of the molecule is COCC1(C)CCN(C(=O)c2cn[nH]c2-c2c(F)cccc2F)C1. The maximum absolute atomic E-state index is 14.0. The number of hydrogen-bond acceptors (Lipinski definition) is 3. The number of hydrogen-bond donors (Lipinski definition) is 1. The van der Waals surface area contributed by atoms with Gasteiger partial charge in [-0.2, -0.15) is 5.10 Å². The number of halogens is 2. The molecule has 1 aliphatic rings. The lowest BCUT2D eigenvalue weighted by Gasteiger charge is -2.23. The highest BCUT2D eigenvalue weighted by atomic mass is 19.1. The molecule has 128 valence electrons. The summed E-state index contributed by atoms with van der Waals surface area (Å²) >= 11 is 0. The zero-order valence-electron chi connectivity index (χ0n) is 13.6. The van der Waals surface area contributed by atoms with Crippen molar-refractivity contribution >= 4 is 5.91 Å². The van der Waals surface area contributed by atoms with Crippen LogP contribution in [0.4, 0.5) is 8.78 Å². The fourth-order valence-electron chi connectivity index (χ4n) is 3.21. The van der Waals surface area contributed by atoms with E-state index in [1.54, 1.807) is 12.0 Å². The Morgan fingerprint density at radius 1 is 1.42 bits per heavy atom. The molecule has 1 aliphatic heterocycles. The van der Waals surface area contributed by atoms with Crippen molar-refractivity contribution in [3.63, 3.8) is 0 Å². The molecule has 1 atom stereocenters. The molecule has 1 aromatic heterocycles. The van der Waals surface area contributed by atoms with Gasteiger partial charge in [-0.3, -0.25) is 9.89 Å². The van der Waals surface area contributed by atoms with Gasteiger partial charge in [0.25, 0.3) is 5.91 Å². The van der Waals surface area contributed by atoms with Crippen molar-refractivity contribution in [2.45, 2.75) is 13.3 Å². The molecular formula is C17H19F2N3O2. The van der Waals surface area contributed by atoms with Crippen molar-refractivity contribution in [1.29, 1.82) is 0 Å². The third-order valence-electron chi connectivity index (χ3n) is 4.42. The average Bonchev–Trinajstić information content (AvgIpc) is 3.14. The van der Waals surface area contributed by atoms with Crippen molar-refractivity contribution in [2.24, 2.45) is 5.41 Å². The molecule has 1 aromatic carbocycles. The number of amides is 1. The Balaban J connectivity index is 1.90. The number of carbonyl (C=O) groups excluding carboxylic acids is 1. The topological polar surface area (TPSA) is 58.2 Å². The van der Waals surface area contributed by atoms with Crippen LogP contribution in [0.2, 0.25) is 0 Å². The summed E-state index contributed by atoms with van der Waals surface area (Å²) in [6.07, 6.45) is 2.13. The van der Waals surface area contributed by atoms with Gasteiger partial charge in [0, 0.05) is 25.6 Å². The van der Waals surface area contributed by atoms with E-state index in [1.807, 2.05) is 0 Å². The van der Waals surface area contributed by atoms with Gasteiger partial charge in [-0.15, -0.1) is 0 Å². The number of methoxy groups -OCH3 is 1. The molecule has 24 heavy (non-hydrogen) atoms. The highest BCUT2D eigenvalue weighted by Gasteiger charge is 2.37. The fourth-order valence-corrected chi connectivity index (χ4v) is 3.21. The average molecular weight is 335 g/mol. The minimum absolute atomic E-state index is 0.0657. The van der Waals surface area contributed by atoms with Crippen LogP contribution in [0, 0.1) is 17.0 Å². The number of benzene rings is 1. The van der Waals surface area contributed by atoms with Crippen LogP contribution >= 0.6 is 0 Å². The van der Waals surface area contributed by atoms with Crippen molar-refractivity contribution in [2.75, 3.05) is 26.8 Å². The first kappa shape index (κ1) is 16.6. The van der Waals surface area contributed by atoms with Crippen LogP contribution in [0.5, 0.6) is 0 Å². The molecular weight excluding hydrogens is 316 g/mol. The predicted octanol–water partition coefficient (Wildman–Crippen LogP) is 2.85. The molecule has 0 bridgehead atoms. The Bertz CT molecular complexity index is 742. The summed E-state index contributed by atoms with van der Waals surface area (Å²) in [5, 5.41) is 6.37. The minimum atomic E-state index is -0.737. The van der Waals surface area contributed by atoms with Crippen molar-refractivity contribution in [3.05, 3.63) is 41.6 Å². The van der Waals surface area contributed by atoms with Crippen LogP contribution in [-0.4, -0.2) is 47.8 Å². The predicted molar refractivity (Wildman–Crippen MR) is 84.4 cm³/mol. The van der Waals surface area contributed by atoms with Gasteiger partial charge in [0.05, 0.1) is 29.6 Å². The Morgan fingerprint density at radius 3 is 2.79 bits per heavy atom. The second-order valence-electron chi connectivity index (χ2n) is 6.48. The summed E-state index contributed by atoms with van der Waals surface area (Å²) in [6, 6.07) is 3.58. The standard InChI is InChI=1S/C17H19F2N3O2/c1-17(10-24-2)6-7-22(9-17)16(23)11-8-20-21-15(11)14-12(18)4-3-5-13(14)19/h3-5,8H,6-7,9-10H2,1-2H3,(H,20,21). The number of rotatable bonds is 4. The second kappa shape index (κ2) is 6.32. The molecule has 2 aromatic rings. The quantitative estimate of drug-likeness (QED) is 0.935. The maximum atomic E-state index is 14.0.